The Labute approximate surface area is 151 Å². The molecule has 1 aromatic rings. The monoisotopic (exact) mass is 551 g/mol. The number of nitro benzene ring substituents is 3. The maximum absolute atomic E-state index is 10.6. The topological polar surface area (TPSA) is 129 Å². The first-order valence-corrected chi connectivity index (χ1v) is 19.2. The normalized spacial score (nSPS) is 10.6. The van der Waals surface area contributed by atoms with Crippen LogP contribution in [-0.2, 0) is 0 Å². The number of aryl methyl sites for hydroxylation is 1. The molecule has 0 aliphatic carbocycles. The third kappa shape index (κ3) is 5.97. The number of nitro groups is 3. The summed E-state index contributed by atoms with van der Waals surface area (Å²) in [4.78, 5) is 28.5. The van der Waals surface area contributed by atoms with Gasteiger partial charge in [0.15, 0.2) is 0 Å². The molecule has 0 bridgehead atoms. The van der Waals surface area contributed by atoms with Gasteiger partial charge in [-0.2, -0.15) is 0 Å². The predicted molar refractivity (Wildman–Crippen MR) is 98.8 cm³/mol. The van der Waals surface area contributed by atoms with Gasteiger partial charge in [-0.3, -0.25) is 30.3 Å². The average molecular weight is 551 g/mol. The van der Waals surface area contributed by atoms with Gasteiger partial charge >= 0.3 is 81.9 Å². The fourth-order valence-electron chi connectivity index (χ4n) is 2.73. The van der Waals surface area contributed by atoms with E-state index in [1.165, 1.54) is 6.92 Å². The summed E-state index contributed by atoms with van der Waals surface area (Å²) in [5, 5.41) is 31.7. The van der Waals surface area contributed by atoms with Gasteiger partial charge in [-0.25, -0.2) is 0 Å². The number of hydrogen-bond donors (Lipinski definition) is 0. The van der Waals surface area contributed by atoms with Crippen LogP contribution < -0.4 is 0 Å². The van der Waals surface area contributed by atoms with Crippen molar-refractivity contribution in [3.8, 4) is 0 Å². The Morgan fingerprint density at radius 2 is 1.16 bits per heavy atom. The number of hydrogen-bond acceptors (Lipinski definition) is 6. The summed E-state index contributed by atoms with van der Waals surface area (Å²) >= 11 is -1.51. The minimum atomic E-state index is -1.51. The summed E-state index contributed by atoms with van der Waals surface area (Å²) in [6.07, 6.45) is 0. The molecular formula is C15H25N3O6Pb. The van der Waals surface area contributed by atoms with Gasteiger partial charge in [0.2, 0.25) is 0 Å². The van der Waals surface area contributed by atoms with Gasteiger partial charge in [-0.05, 0) is 13.0 Å². The molecule has 0 radical (unpaired) electrons. The molecule has 140 valence electrons. The maximum Gasteiger partial charge on any atom is 0.422 e. The van der Waals surface area contributed by atoms with Crippen LogP contribution in [0, 0.1) is 37.3 Å². The molecule has 0 heterocycles. The van der Waals surface area contributed by atoms with E-state index >= 15 is 0 Å². The van der Waals surface area contributed by atoms with Crippen molar-refractivity contribution in [3.05, 3.63) is 48.0 Å². The Balaban J connectivity index is 0.000000547. The van der Waals surface area contributed by atoms with Crippen LogP contribution in [-0.4, -0.2) is 35.9 Å². The Morgan fingerprint density at radius 1 is 0.760 bits per heavy atom. The van der Waals surface area contributed by atoms with Crippen LogP contribution in [0.3, 0.4) is 0 Å². The molecule has 1 aromatic carbocycles. The van der Waals surface area contributed by atoms with E-state index in [0.717, 1.165) is 12.1 Å². The zero-order valence-electron chi connectivity index (χ0n) is 15.3. The van der Waals surface area contributed by atoms with Crippen molar-refractivity contribution in [1.82, 2.24) is 0 Å². The van der Waals surface area contributed by atoms with Gasteiger partial charge < -0.3 is 0 Å². The molecule has 1 rings (SSSR count). The summed E-state index contributed by atoms with van der Waals surface area (Å²) in [5.74, 6) is 0. The van der Waals surface area contributed by atoms with Crippen LogP contribution >= 0.6 is 0 Å². The molecule has 9 nitrogen and oxygen atoms in total. The van der Waals surface area contributed by atoms with Gasteiger partial charge in [-0.15, -0.1) is 0 Å². The molecule has 0 N–H and O–H groups in total. The maximum atomic E-state index is 10.6. The fourth-order valence-corrected chi connectivity index (χ4v) is 14.4. The van der Waals surface area contributed by atoms with Gasteiger partial charge in [0, 0.05) is 11.6 Å². The molecule has 25 heavy (non-hydrogen) atoms. The Bertz CT molecular complexity index is 629. The van der Waals surface area contributed by atoms with Crippen LogP contribution in [0.4, 0.5) is 17.1 Å². The van der Waals surface area contributed by atoms with Gasteiger partial charge in [-0.1, -0.05) is 0 Å². The quantitative estimate of drug-likeness (QED) is 0.260. The van der Waals surface area contributed by atoms with Gasteiger partial charge in [0.05, 0.1) is 14.8 Å². The van der Waals surface area contributed by atoms with E-state index in [4.69, 9.17) is 0 Å². The molecule has 0 spiro atoms. The molecule has 0 aliphatic heterocycles. The molecule has 0 aromatic heterocycles. The fraction of sp³-hybridized carbons (Fsp3) is 0.600. The van der Waals surface area contributed by atoms with E-state index < -0.39 is 53.0 Å². The number of nitrogens with zero attached hydrogens (tertiary/aromatic N) is 3. The van der Waals surface area contributed by atoms with Crippen molar-refractivity contribution in [1.29, 1.82) is 0 Å². The molecule has 0 unspecified atom stereocenters. The smallest absolute Gasteiger partial charge is 0.258 e. The molecular weight excluding hydrogens is 525 g/mol. The zero-order valence-corrected chi connectivity index (χ0v) is 19.2. The average Bonchev–Trinajstić information content (AvgIpc) is 2.57. The zero-order chi connectivity index (χ0) is 19.8. The van der Waals surface area contributed by atoms with Crippen LogP contribution in [0.1, 0.15) is 33.3 Å². The Hall–Kier alpha value is -1.66. The molecule has 0 fully saturated rings. The first-order chi connectivity index (χ1) is 11.6. The van der Waals surface area contributed by atoms with Gasteiger partial charge in [0.1, 0.15) is 0 Å². The van der Waals surface area contributed by atoms with Crippen LogP contribution in [0.25, 0.3) is 0 Å². The summed E-state index contributed by atoms with van der Waals surface area (Å²) in [5.41, 5.74) is -2.82. The largest absolute Gasteiger partial charge is 0.422 e. The van der Waals surface area contributed by atoms with E-state index in [0.29, 0.717) is 0 Å². The number of rotatable bonds is 7. The predicted octanol–water partition coefficient (Wildman–Crippen LogP) is 5.23. The first-order valence-electron chi connectivity index (χ1n) is 8.17. The van der Waals surface area contributed by atoms with Crippen molar-refractivity contribution < 1.29 is 14.8 Å². The molecule has 0 aliphatic rings. The van der Waals surface area contributed by atoms with E-state index in [1.54, 1.807) is 15.9 Å². The van der Waals surface area contributed by atoms with Crippen LogP contribution in [0.2, 0.25) is 15.9 Å². The molecule has 0 saturated carbocycles. The summed E-state index contributed by atoms with van der Waals surface area (Å²) in [6, 6.07) is 1.98. The van der Waals surface area contributed by atoms with Crippen molar-refractivity contribution >= 4 is 38.2 Å². The Morgan fingerprint density at radius 3 is 1.40 bits per heavy atom. The van der Waals surface area contributed by atoms with Crippen LogP contribution in [0.15, 0.2) is 12.1 Å². The van der Waals surface area contributed by atoms with E-state index in [-0.39, 0.29) is 5.56 Å². The van der Waals surface area contributed by atoms with Crippen molar-refractivity contribution in [3.63, 3.8) is 0 Å². The van der Waals surface area contributed by atoms with Crippen molar-refractivity contribution in [2.45, 2.75) is 50.5 Å². The summed E-state index contributed by atoms with van der Waals surface area (Å²) in [7, 11) is 0. The standard InChI is InChI=1S/C7H5N3O6.4C2H5.Pb/c1-4-2-3-5(8(11)12)7(10(15)16)6(4)9(13)14;4*1-2;/h2-3H,1H3;4*1H2,2H3;. The third-order valence-corrected chi connectivity index (χ3v) is 28.2. The van der Waals surface area contributed by atoms with E-state index in [9.17, 15) is 30.3 Å². The minimum Gasteiger partial charge on any atom is -0.258 e. The Kier molecular flexibility index (Phi) is 9.67. The van der Waals surface area contributed by atoms with Crippen molar-refractivity contribution in [2.24, 2.45) is 0 Å². The SMILES string of the molecule is C[CH2][Pb]([CH2]C)([CH2]C)[CH2]C.Cc1ccc([N+](=O)[O-])c([N+](=O)[O-])c1[N+](=O)[O-]. The van der Waals surface area contributed by atoms with Gasteiger partial charge in [0.25, 0.3) is 0 Å². The number of benzene rings is 1. The molecule has 0 amide bonds. The molecule has 0 saturated heterocycles. The second kappa shape index (κ2) is 10.4. The first kappa shape index (κ1) is 23.3. The minimum absolute atomic E-state index is 0.00213. The second-order valence-corrected chi connectivity index (χ2v) is 28.4. The summed E-state index contributed by atoms with van der Waals surface area (Å²) in [6.45, 7) is 10.9. The second-order valence-electron chi connectivity index (χ2n) is 5.78. The van der Waals surface area contributed by atoms with Crippen LogP contribution in [0.5, 0.6) is 0 Å². The molecule has 0 atom stereocenters. The van der Waals surface area contributed by atoms with E-state index in [2.05, 4.69) is 27.7 Å². The summed E-state index contributed by atoms with van der Waals surface area (Å²) < 4.78 is 6.26. The third-order valence-electron chi connectivity index (χ3n) is 4.89. The van der Waals surface area contributed by atoms with E-state index in [1.807, 2.05) is 0 Å². The van der Waals surface area contributed by atoms with Crippen molar-refractivity contribution in [2.75, 3.05) is 0 Å². The molecule has 10 heteroatoms.